The molecule has 0 amide bonds. The molecule has 0 radical (unpaired) electrons. The molecule has 1 fully saturated rings. The summed E-state index contributed by atoms with van der Waals surface area (Å²) in [6.07, 6.45) is 1.53. The topological polar surface area (TPSA) is 45.6 Å². The van der Waals surface area contributed by atoms with Gasteiger partial charge in [0.2, 0.25) is 0 Å². The number of anilines is 1. The Balaban J connectivity index is 2.15. The molecule has 17 heavy (non-hydrogen) atoms. The molecule has 2 heterocycles. The van der Waals surface area contributed by atoms with E-state index in [1.807, 2.05) is 0 Å². The van der Waals surface area contributed by atoms with Gasteiger partial charge in [0.25, 0.3) is 0 Å². The summed E-state index contributed by atoms with van der Waals surface area (Å²) >= 11 is 1.56. The maximum absolute atomic E-state index is 9.52. The number of morpholine rings is 1. The van der Waals surface area contributed by atoms with E-state index in [9.17, 15) is 5.11 Å². The zero-order valence-corrected chi connectivity index (χ0v) is 11.6. The van der Waals surface area contributed by atoms with Crippen LogP contribution in [0.4, 0.5) is 5.13 Å². The fourth-order valence-corrected chi connectivity index (χ4v) is 3.08. The van der Waals surface area contributed by atoms with Crippen LogP contribution in [0.25, 0.3) is 0 Å². The zero-order valence-electron chi connectivity index (χ0n) is 10.8. The summed E-state index contributed by atoms with van der Waals surface area (Å²) in [5.41, 5.74) is -0.145. The van der Waals surface area contributed by atoms with Crippen LogP contribution >= 0.6 is 11.3 Å². The summed E-state index contributed by atoms with van der Waals surface area (Å²) in [6, 6.07) is 0. The average molecular weight is 256 g/mol. The van der Waals surface area contributed by atoms with E-state index in [1.165, 1.54) is 0 Å². The summed E-state index contributed by atoms with van der Waals surface area (Å²) in [5, 5.41) is 10.5. The Labute approximate surface area is 106 Å². The van der Waals surface area contributed by atoms with Gasteiger partial charge < -0.3 is 14.7 Å². The van der Waals surface area contributed by atoms with Crippen molar-refractivity contribution in [3.8, 4) is 0 Å². The molecule has 2 unspecified atom stereocenters. The molecule has 1 aromatic rings. The van der Waals surface area contributed by atoms with Gasteiger partial charge in [0.15, 0.2) is 5.13 Å². The van der Waals surface area contributed by atoms with Gasteiger partial charge in [0.1, 0.15) is 0 Å². The number of hydrogen-bond donors (Lipinski definition) is 1. The molecule has 1 aliphatic heterocycles. The quantitative estimate of drug-likeness (QED) is 0.881. The second-order valence-corrected chi connectivity index (χ2v) is 6.33. The lowest BCUT2D eigenvalue weighted by Gasteiger charge is -2.41. The van der Waals surface area contributed by atoms with Gasteiger partial charge in [-0.2, -0.15) is 0 Å². The van der Waals surface area contributed by atoms with Gasteiger partial charge in [0.05, 0.1) is 22.7 Å². The van der Waals surface area contributed by atoms with Crippen LogP contribution in [0.3, 0.4) is 0 Å². The Kier molecular flexibility index (Phi) is 3.43. The molecule has 2 atom stereocenters. The van der Waals surface area contributed by atoms with Gasteiger partial charge in [-0.05, 0) is 27.7 Å². The highest BCUT2D eigenvalue weighted by Gasteiger charge is 2.32. The SMILES string of the molecule is CC1CN(c2ncc(C(C)O)s2)CC(C)(C)O1. The van der Waals surface area contributed by atoms with Crippen molar-refractivity contribution in [3.05, 3.63) is 11.1 Å². The first-order chi connectivity index (χ1) is 7.87. The zero-order chi connectivity index (χ0) is 12.6. The molecule has 2 rings (SSSR count). The van der Waals surface area contributed by atoms with Gasteiger partial charge in [-0.1, -0.05) is 11.3 Å². The minimum Gasteiger partial charge on any atom is -0.388 e. The normalized spacial score (nSPS) is 25.9. The molecule has 1 aromatic heterocycles. The summed E-state index contributed by atoms with van der Waals surface area (Å²) in [7, 11) is 0. The maximum atomic E-state index is 9.52. The van der Waals surface area contributed by atoms with Crippen LogP contribution in [0, 0.1) is 0 Å². The Morgan fingerprint density at radius 2 is 2.35 bits per heavy atom. The molecule has 1 N–H and O–H groups in total. The number of nitrogens with zero attached hydrogens (tertiary/aromatic N) is 2. The number of ether oxygens (including phenoxy) is 1. The molecule has 0 aromatic carbocycles. The standard InChI is InChI=1S/C12H20N2O2S/c1-8-6-14(7-12(3,4)16-8)11-13-5-10(17-11)9(2)15/h5,8-9,15H,6-7H2,1-4H3. The maximum Gasteiger partial charge on any atom is 0.185 e. The predicted octanol–water partition coefficient (Wildman–Crippen LogP) is 2.20. The average Bonchev–Trinajstić information content (AvgIpc) is 2.62. The van der Waals surface area contributed by atoms with Crippen molar-refractivity contribution in [1.82, 2.24) is 4.98 Å². The molecule has 1 saturated heterocycles. The fourth-order valence-electron chi connectivity index (χ4n) is 2.22. The lowest BCUT2D eigenvalue weighted by atomic mass is 10.1. The number of thiazole rings is 1. The van der Waals surface area contributed by atoms with E-state index in [1.54, 1.807) is 24.5 Å². The van der Waals surface area contributed by atoms with Crippen LogP contribution in [0.2, 0.25) is 0 Å². The number of aliphatic hydroxyl groups excluding tert-OH is 1. The van der Waals surface area contributed by atoms with Crippen molar-refractivity contribution in [2.45, 2.75) is 45.5 Å². The first kappa shape index (κ1) is 12.8. The highest BCUT2D eigenvalue weighted by atomic mass is 32.1. The first-order valence-corrected chi connectivity index (χ1v) is 6.75. The smallest absolute Gasteiger partial charge is 0.185 e. The van der Waals surface area contributed by atoms with E-state index in [2.05, 4.69) is 30.7 Å². The highest BCUT2D eigenvalue weighted by molar-refractivity contribution is 7.15. The number of rotatable bonds is 2. The van der Waals surface area contributed by atoms with Gasteiger partial charge in [0, 0.05) is 19.3 Å². The van der Waals surface area contributed by atoms with Crippen molar-refractivity contribution in [2.24, 2.45) is 0 Å². The Morgan fingerprint density at radius 1 is 1.65 bits per heavy atom. The van der Waals surface area contributed by atoms with E-state index in [0.29, 0.717) is 0 Å². The Morgan fingerprint density at radius 3 is 2.88 bits per heavy atom. The first-order valence-electron chi connectivity index (χ1n) is 5.94. The summed E-state index contributed by atoms with van der Waals surface area (Å²) in [4.78, 5) is 7.54. The van der Waals surface area contributed by atoms with Gasteiger partial charge in [-0.25, -0.2) is 4.98 Å². The molecule has 0 aliphatic carbocycles. The van der Waals surface area contributed by atoms with Crippen molar-refractivity contribution < 1.29 is 9.84 Å². The van der Waals surface area contributed by atoms with E-state index >= 15 is 0 Å². The van der Waals surface area contributed by atoms with Crippen molar-refractivity contribution in [1.29, 1.82) is 0 Å². The van der Waals surface area contributed by atoms with Gasteiger partial charge >= 0.3 is 0 Å². The molecular weight excluding hydrogens is 236 g/mol. The van der Waals surface area contributed by atoms with E-state index in [-0.39, 0.29) is 11.7 Å². The van der Waals surface area contributed by atoms with E-state index < -0.39 is 6.10 Å². The second kappa shape index (κ2) is 4.55. The third-order valence-corrected chi connectivity index (χ3v) is 3.99. The van der Waals surface area contributed by atoms with Crippen LogP contribution in [0.5, 0.6) is 0 Å². The van der Waals surface area contributed by atoms with Gasteiger partial charge in [-0.3, -0.25) is 0 Å². The lowest BCUT2D eigenvalue weighted by molar-refractivity contribution is -0.0749. The van der Waals surface area contributed by atoms with E-state index in [4.69, 9.17) is 4.74 Å². The molecule has 5 heteroatoms. The summed E-state index contributed by atoms with van der Waals surface area (Å²) < 4.78 is 5.87. The monoisotopic (exact) mass is 256 g/mol. The minimum atomic E-state index is -0.437. The number of hydrogen-bond acceptors (Lipinski definition) is 5. The van der Waals surface area contributed by atoms with Crippen molar-refractivity contribution >= 4 is 16.5 Å². The Bertz CT molecular complexity index is 390. The molecule has 4 nitrogen and oxygen atoms in total. The number of aliphatic hydroxyl groups is 1. The molecular formula is C12H20N2O2S. The molecule has 96 valence electrons. The highest BCUT2D eigenvalue weighted by Crippen LogP contribution is 2.31. The second-order valence-electron chi connectivity index (χ2n) is 5.29. The lowest BCUT2D eigenvalue weighted by Crippen LogP contribution is -2.52. The van der Waals surface area contributed by atoms with Crippen LogP contribution in [0.1, 0.15) is 38.7 Å². The minimum absolute atomic E-state index is 0.145. The fraction of sp³-hybridized carbons (Fsp3) is 0.750. The Hall–Kier alpha value is -0.650. The largest absolute Gasteiger partial charge is 0.388 e. The summed E-state index contributed by atoms with van der Waals surface area (Å²) in [5.74, 6) is 0. The van der Waals surface area contributed by atoms with Crippen molar-refractivity contribution in [2.75, 3.05) is 18.0 Å². The number of aromatic nitrogens is 1. The molecule has 0 saturated carbocycles. The summed E-state index contributed by atoms with van der Waals surface area (Å²) in [6.45, 7) is 9.73. The van der Waals surface area contributed by atoms with Crippen molar-refractivity contribution in [3.63, 3.8) is 0 Å². The van der Waals surface area contributed by atoms with Crippen LogP contribution < -0.4 is 4.90 Å². The van der Waals surface area contributed by atoms with E-state index in [0.717, 1.165) is 23.1 Å². The van der Waals surface area contributed by atoms with Gasteiger partial charge in [-0.15, -0.1) is 0 Å². The van der Waals surface area contributed by atoms with Crippen LogP contribution in [0.15, 0.2) is 6.20 Å². The van der Waals surface area contributed by atoms with Crippen LogP contribution in [-0.4, -0.2) is 34.9 Å². The third-order valence-electron chi connectivity index (χ3n) is 2.76. The predicted molar refractivity (Wildman–Crippen MR) is 69.6 cm³/mol. The molecule has 0 bridgehead atoms. The van der Waals surface area contributed by atoms with Crippen LogP contribution in [-0.2, 0) is 4.74 Å². The third kappa shape index (κ3) is 2.97. The molecule has 1 aliphatic rings. The molecule has 0 spiro atoms.